The number of urea groups is 1. The monoisotopic (exact) mass is 476 g/mol. The standard InChI is InChI=1S/C27H32N4O4/c1-4-14-30(27(33)28-21-10-12-22(34-2)13-11-21)19-25(32)31-17-16-29-15-6-9-24(29)26(31)20-7-5-8-23(18-20)35-3/h5-13,15,18,26H,4,14,16-17,19H2,1-3H3,(H,28,33). The summed E-state index contributed by atoms with van der Waals surface area (Å²) in [5.41, 5.74) is 2.67. The van der Waals surface area contributed by atoms with Crippen LogP contribution in [0.2, 0.25) is 0 Å². The predicted molar refractivity (Wildman–Crippen MR) is 135 cm³/mol. The normalized spacial score (nSPS) is 14.7. The van der Waals surface area contributed by atoms with Crippen LogP contribution in [0.5, 0.6) is 11.5 Å². The molecular formula is C27H32N4O4. The van der Waals surface area contributed by atoms with Crippen molar-refractivity contribution in [3.05, 3.63) is 78.1 Å². The Morgan fingerprint density at radius 3 is 2.49 bits per heavy atom. The zero-order chi connectivity index (χ0) is 24.8. The van der Waals surface area contributed by atoms with Gasteiger partial charge in [0.2, 0.25) is 5.91 Å². The number of fused-ring (bicyclic) bond motifs is 1. The van der Waals surface area contributed by atoms with Gasteiger partial charge in [0.1, 0.15) is 18.0 Å². The Bertz CT molecular complexity index is 1160. The van der Waals surface area contributed by atoms with Crippen molar-refractivity contribution in [3.63, 3.8) is 0 Å². The lowest BCUT2D eigenvalue weighted by Crippen LogP contribution is -2.48. The second kappa shape index (κ2) is 11.0. The fourth-order valence-electron chi connectivity index (χ4n) is 4.47. The van der Waals surface area contributed by atoms with Crippen LogP contribution < -0.4 is 14.8 Å². The topological polar surface area (TPSA) is 76.0 Å². The minimum atomic E-state index is -0.302. The van der Waals surface area contributed by atoms with Crippen LogP contribution in [0.25, 0.3) is 0 Å². The number of benzene rings is 2. The van der Waals surface area contributed by atoms with Gasteiger partial charge in [0.05, 0.1) is 20.3 Å². The summed E-state index contributed by atoms with van der Waals surface area (Å²) in [6, 6.07) is 18.4. The van der Waals surface area contributed by atoms with E-state index >= 15 is 0 Å². The highest BCUT2D eigenvalue weighted by Gasteiger charge is 2.33. The third kappa shape index (κ3) is 5.42. The largest absolute Gasteiger partial charge is 0.497 e. The van der Waals surface area contributed by atoms with Crippen molar-refractivity contribution in [1.29, 1.82) is 0 Å². The maximum Gasteiger partial charge on any atom is 0.322 e. The Labute approximate surface area is 206 Å². The van der Waals surface area contributed by atoms with E-state index in [-0.39, 0.29) is 24.5 Å². The molecule has 0 spiro atoms. The lowest BCUT2D eigenvalue weighted by Gasteiger charge is -2.38. The molecule has 4 rings (SSSR count). The molecule has 3 aromatic rings. The minimum Gasteiger partial charge on any atom is -0.497 e. The van der Waals surface area contributed by atoms with Crippen molar-refractivity contribution < 1.29 is 19.1 Å². The van der Waals surface area contributed by atoms with Crippen LogP contribution in [0.4, 0.5) is 10.5 Å². The SMILES string of the molecule is CCCN(CC(=O)N1CCn2cccc2C1c1cccc(OC)c1)C(=O)Nc1ccc(OC)cc1. The Kier molecular flexibility index (Phi) is 7.60. The number of carbonyl (C=O) groups is 2. The molecule has 1 atom stereocenters. The molecule has 2 heterocycles. The number of ether oxygens (including phenoxy) is 2. The van der Waals surface area contributed by atoms with Gasteiger partial charge in [0.25, 0.3) is 0 Å². The van der Waals surface area contributed by atoms with Crippen LogP contribution in [0.3, 0.4) is 0 Å². The molecule has 8 heteroatoms. The lowest BCUT2D eigenvalue weighted by atomic mass is 9.99. The lowest BCUT2D eigenvalue weighted by molar-refractivity contribution is -0.134. The molecule has 0 fully saturated rings. The van der Waals surface area contributed by atoms with E-state index in [9.17, 15) is 9.59 Å². The molecule has 35 heavy (non-hydrogen) atoms. The van der Waals surface area contributed by atoms with Crippen molar-refractivity contribution in [2.75, 3.05) is 39.2 Å². The Morgan fingerprint density at radius 2 is 1.77 bits per heavy atom. The molecule has 0 aliphatic carbocycles. The fourth-order valence-corrected chi connectivity index (χ4v) is 4.47. The molecule has 3 amide bonds. The van der Waals surface area contributed by atoms with Crippen LogP contribution in [0.1, 0.15) is 30.6 Å². The first-order valence-electron chi connectivity index (χ1n) is 11.8. The third-order valence-electron chi connectivity index (χ3n) is 6.22. The number of aromatic nitrogens is 1. The number of amides is 3. The maximum absolute atomic E-state index is 13.6. The van der Waals surface area contributed by atoms with Gasteiger partial charge >= 0.3 is 6.03 Å². The Hall–Kier alpha value is -3.94. The summed E-state index contributed by atoms with van der Waals surface area (Å²) in [7, 11) is 3.23. The molecule has 2 aromatic carbocycles. The van der Waals surface area contributed by atoms with Gasteiger partial charge in [-0.05, 0) is 60.5 Å². The number of rotatable bonds is 8. The molecule has 8 nitrogen and oxygen atoms in total. The highest BCUT2D eigenvalue weighted by molar-refractivity contribution is 5.92. The number of anilines is 1. The van der Waals surface area contributed by atoms with Gasteiger partial charge in [-0.15, -0.1) is 0 Å². The minimum absolute atomic E-state index is 0.00297. The quantitative estimate of drug-likeness (QED) is 0.524. The molecule has 0 saturated carbocycles. The van der Waals surface area contributed by atoms with Gasteiger partial charge in [-0.3, -0.25) is 4.79 Å². The van der Waals surface area contributed by atoms with E-state index in [4.69, 9.17) is 9.47 Å². The molecule has 1 aliphatic rings. The van der Waals surface area contributed by atoms with E-state index in [0.29, 0.717) is 31.1 Å². The van der Waals surface area contributed by atoms with Crippen molar-refractivity contribution >= 4 is 17.6 Å². The van der Waals surface area contributed by atoms with Crippen molar-refractivity contribution in [1.82, 2.24) is 14.4 Å². The Balaban J connectivity index is 1.54. The summed E-state index contributed by atoms with van der Waals surface area (Å²) in [5, 5.41) is 2.90. The average Bonchev–Trinajstić information content (AvgIpc) is 3.37. The number of nitrogens with zero attached hydrogens (tertiary/aromatic N) is 3. The zero-order valence-electron chi connectivity index (χ0n) is 20.4. The van der Waals surface area contributed by atoms with Gasteiger partial charge in [-0.25, -0.2) is 4.79 Å². The first-order chi connectivity index (χ1) is 17.0. The fraction of sp³-hybridized carbons (Fsp3) is 0.333. The summed E-state index contributed by atoms with van der Waals surface area (Å²) >= 11 is 0. The van der Waals surface area contributed by atoms with E-state index in [1.54, 1.807) is 43.4 Å². The molecule has 1 aliphatic heterocycles. The second-order valence-corrected chi connectivity index (χ2v) is 8.47. The molecule has 0 saturated heterocycles. The highest BCUT2D eigenvalue weighted by Crippen LogP contribution is 2.34. The molecule has 1 N–H and O–H groups in total. The zero-order valence-corrected chi connectivity index (χ0v) is 20.4. The van der Waals surface area contributed by atoms with Gasteiger partial charge in [-0.2, -0.15) is 0 Å². The Morgan fingerprint density at radius 1 is 1.00 bits per heavy atom. The molecule has 0 radical (unpaired) electrons. The summed E-state index contributed by atoms with van der Waals surface area (Å²) < 4.78 is 12.8. The summed E-state index contributed by atoms with van der Waals surface area (Å²) in [6.45, 7) is 3.73. The van der Waals surface area contributed by atoms with Crippen LogP contribution in [-0.4, -0.2) is 60.2 Å². The van der Waals surface area contributed by atoms with Crippen LogP contribution >= 0.6 is 0 Å². The van der Waals surface area contributed by atoms with Crippen LogP contribution in [0, 0.1) is 0 Å². The van der Waals surface area contributed by atoms with Gasteiger partial charge in [-0.1, -0.05) is 19.1 Å². The summed E-state index contributed by atoms with van der Waals surface area (Å²) in [5.74, 6) is 1.36. The van der Waals surface area contributed by atoms with Crippen molar-refractivity contribution in [3.8, 4) is 11.5 Å². The van der Waals surface area contributed by atoms with E-state index < -0.39 is 0 Å². The average molecular weight is 477 g/mol. The maximum atomic E-state index is 13.6. The highest BCUT2D eigenvalue weighted by atomic mass is 16.5. The number of hydrogen-bond acceptors (Lipinski definition) is 4. The van der Waals surface area contributed by atoms with E-state index in [2.05, 4.69) is 9.88 Å². The smallest absolute Gasteiger partial charge is 0.322 e. The van der Waals surface area contributed by atoms with Crippen molar-refractivity contribution in [2.45, 2.75) is 25.9 Å². The molecular weight excluding hydrogens is 444 g/mol. The molecule has 184 valence electrons. The summed E-state index contributed by atoms with van der Waals surface area (Å²) in [4.78, 5) is 30.1. The first kappa shape index (κ1) is 24.2. The van der Waals surface area contributed by atoms with Crippen molar-refractivity contribution in [2.24, 2.45) is 0 Å². The third-order valence-corrected chi connectivity index (χ3v) is 6.22. The molecule has 1 aromatic heterocycles. The number of nitrogens with one attached hydrogen (secondary N) is 1. The molecule has 1 unspecified atom stereocenters. The first-order valence-corrected chi connectivity index (χ1v) is 11.8. The van der Waals surface area contributed by atoms with Gasteiger partial charge < -0.3 is 29.2 Å². The van der Waals surface area contributed by atoms with Gasteiger partial charge in [0.15, 0.2) is 0 Å². The number of methoxy groups -OCH3 is 2. The van der Waals surface area contributed by atoms with E-state index in [0.717, 1.165) is 23.4 Å². The van der Waals surface area contributed by atoms with E-state index in [1.165, 1.54) is 0 Å². The van der Waals surface area contributed by atoms with Crippen LogP contribution in [0.15, 0.2) is 66.9 Å². The number of hydrogen-bond donors (Lipinski definition) is 1. The van der Waals surface area contributed by atoms with Gasteiger partial charge in [0, 0.05) is 37.2 Å². The number of carbonyl (C=O) groups excluding carboxylic acids is 2. The second-order valence-electron chi connectivity index (χ2n) is 8.47. The van der Waals surface area contributed by atoms with Crippen LogP contribution in [-0.2, 0) is 11.3 Å². The molecule has 0 bridgehead atoms. The summed E-state index contributed by atoms with van der Waals surface area (Å²) in [6.07, 6.45) is 2.78. The van der Waals surface area contributed by atoms with E-state index in [1.807, 2.05) is 54.4 Å². The predicted octanol–water partition coefficient (Wildman–Crippen LogP) is 4.38.